The fourth-order valence-electron chi connectivity index (χ4n) is 2.06. The maximum Gasteiger partial charge on any atom is 0.203 e. The molecule has 0 aliphatic heterocycles. The van der Waals surface area contributed by atoms with Crippen molar-refractivity contribution in [1.82, 2.24) is 0 Å². The van der Waals surface area contributed by atoms with Gasteiger partial charge in [-0.1, -0.05) is 20.3 Å². The molecule has 0 bridgehead atoms. The number of benzene rings is 1. The Morgan fingerprint density at radius 2 is 1.60 bits per heavy atom. The van der Waals surface area contributed by atoms with Crippen molar-refractivity contribution in [3.8, 4) is 17.2 Å². The molecule has 112 valence electrons. The van der Waals surface area contributed by atoms with E-state index in [-0.39, 0.29) is 5.78 Å². The van der Waals surface area contributed by atoms with Crippen molar-refractivity contribution in [2.24, 2.45) is 5.92 Å². The lowest BCUT2D eigenvalue weighted by Crippen LogP contribution is -2.03. The Morgan fingerprint density at radius 3 is 2.00 bits per heavy atom. The van der Waals surface area contributed by atoms with Gasteiger partial charge in [-0.3, -0.25) is 4.79 Å². The smallest absolute Gasteiger partial charge is 0.203 e. The number of carbonyl (C=O) groups is 1. The molecule has 0 fully saturated rings. The van der Waals surface area contributed by atoms with E-state index in [9.17, 15) is 4.79 Å². The molecule has 0 aliphatic rings. The van der Waals surface area contributed by atoms with Crippen LogP contribution in [0.1, 0.15) is 43.5 Å². The summed E-state index contributed by atoms with van der Waals surface area (Å²) in [5.74, 6) is 2.25. The molecule has 0 radical (unpaired) electrons. The van der Waals surface area contributed by atoms with Gasteiger partial charge in [-0.05, 0) is 24.5 Å². The number of ketones is 1. The van der Waals surface area contributed by atoms with Crippen molar-refractivity contribution >= 4 is 5.78 Å². The maximum atomic E-state index is 12.2. The lowest BCUT2D eigenvalue weighted by molar-refractivity contribution is 0.0977. The molecule has 1 rings (SSSR count). The molecule has 4 heteroatoms. The van der Waals surface area contributed by atoms with Crippen molar-refractivity contribution in [2.75, 3.05) is 21.3 Å². The van der Waals surface area contributed by atoms with E-state index in [0.717, 1.165) is 12.8 Å². The van der Waals surface area contributed by atoms with Gasteiger partial charge in [0.25, 0.3) is 0 Å². The summed E-state index contributed by atoms with van der Waals surface area (Å²) < 4.78 is 15.8. The van der Waals surface area contributed by atoms with E-state index in [2.05, 4.69) is 13.8 Å². The summed E-state index contributed by atoms with van der Waals surface area (Å²) in [5.41, 5.74) is 0.600. The van der Waals surface area contributed by atoms with Gasteiger partial charge in [0.1, 0.15) is 0 Å². The first-order valence-electron chi connectivity index (χ1n) is 6.86. The van der Waals surface area contributed by atoms with Crippen LogP contribution < -0.4 is 14.2 Å². The summed E-state index contributed by atoms with van der Waals surface area (Å²) in [6.07, 6.45) is 2.49. The third kappa shape index (κ3) is 4.15. The van der Waals surface area contributed by atoms with Crippen LogP contribution in [0.4, 0.5) is 0 Å². The van der Waals surface area contributed by atoms with Crippen molar-refractivity contribution in [3.05, 3.63) is 17.7 Å². The lowest BCUT2D eigenvalue weighted by Gasteiger charge is -2.13. The number of Topliss-reactive ketones (excluding diaryl/α,β-unsaturated/α-hetero) is 1. The first kappa shape index (κ1) is 16.3. The molecule has 1 aromatic rings. The van der Waals surface area contributed by atoms with E-state index in [1.165, 1.54) is 0 Å². The predicted octanol–water partition coefficient (Wildman–Crippen LogP) is 3.72. The van der Waals surface area contributed by atoms with Crippen molar-refractivity contribution in [1.29, 1.82) is 0 Å². The lowest BCUT2D eigenvalue weighted by atomic mass is 10.0. The number of methoxy groups -OCH3 is 3. The normalized spacial score (nSPS) is 10.5. The zero-order chi connectivity index (χ0) is 15.1. The average molecular weight is 280 g/mol. The molecule has 4 nitrogen and oxygen atoms in total. The molecule has 0 saturated carbocycles. The van der Waals surface area contributed by atoms with Gasteiger partial charge in [-0.2, -0.15) is 0 Å². The molecule has 1 aromatic carbocycles. The second kappa shape index (κ2) is 7.78. The Morgan fingerprint density at radius 1 is 1.05 bits per heavy atom. The highest BCUT2D eigenvalue weighted by atomic mass is 16.5. The van der Waals surface area contributed by atoms with Crippen LogP contribution >= 0.6 is 0 Å². The number of ether oxygens (including phenoxy) is 3. The van der Waals surface area contributed by atoms with Gasteiger partial charge in [0.15, 0.2) is 17.3 Å². The monoisotopic (exact) mass is 280 g/mol. The van der Waals surface area contributed by atoms with Gasteiger partial charge < -0.3 is 14.2 Å². The molecule has 0 N–H and O–H groups in total. The molecule has 0 spiro atoms. The quantitative estimate of drug-likeness (QED) is 0.681. The van der Waals surface area contributed by atoms with Crippen LogP contribution in [0.2, 0.25) is 0 Å². The summed E-state index contributed by atoms with van der Waals surface area (Å²) >= 11 is 0. The summed E-state index contributed by atoms with van der Waals surface area (Å²) in [4.78, 5) is 12.2. The van der Waals surface area contributed by atoms with E-state index >= 15 is 0 Å². The van der Waals surface area contributed by atoms with E-state index in [4.69, 9.17) is 14.2 Å². The van der Waals surface area contributed by atoms with Gasteiger partial charge in [0.05, 0.1) is 21.3 Å². The van der Waals surface area contributed by atoms with Crippen LogP contribution in [0.25, 0.3) is 0 Å². The number of rotatable bonds is 8. The predicted molar refractivity (Wildman–Crippen MR) is 79.1 cm³/mol. The van der Waals surface area contributed by atoms with Gasteiger partial charge in [-0.25, -0.2) is 0 Å². The largest absolute Gasteiger partial charge is 0.493 e. The highest BCUT2D eigenvalue weighted by Gasteiger charge is 2.16. The molecule has 0 aliphatic carbocycles. The first-order chi connectivity index (χ1) is 9.53. The average Bonchev–Trinajstić information content (AvgIpc) is 2.44. The van der Waals surface area contributed by atoms with Crippen LogP contribution in [0.15, 0.2) is 12.1 Å². The maximum absolute atomic E-state index is 12.2. The molecule has 0 atom stereocenters. The molecule has 0 unspecified atom stereocenters. The Balaban J connectivity index is 2.92. The number of carbonyl (C=O) groups excluding carboxylic acids is 1. The minimum Gasteiger partial charge on any atom is -0.493 e. The Labute approximate surface area is 121 Å². The van der Waals surface area contributed by atoms with Crippen LogP contribution in [0, 0.1) is 5.92 Å². The Hall–Kier alpha value is -1.71. The zero-order valence-corrected chi connectivity index (χ0v) is 13.0. The van der Waals surface area contributed by atoms with Gasteiger partial charge in [0.2, 0.25) is 5.75 Å². The molecule has 0 aromatic heterocycles. The van der Waals surface area contributed by atoms with Gasteiger partial charge >= 0.3 is 0 Å². The highest BCUT2D eigenvalue weighted by Crippen LogP contribution is 2.38. The fraction of sp³-hybridized carbons (Fsp3) is 0.562. The van der Waals surface area contributed by atoms with E-state index < -0.39 is 0 Å². The number of hydrogen-bond donors (Lipinski definition) is 0. The van der Waals surface area contributed by atoms with Gasteiger partial charge in [0, 0.05) is 12.0 Å². The topological polar surface area (TPSA) is 44.8 Å². The van der Waals surface area contributed by atoms with E-state index in [0.29, 0.717) is 35.2 Å². The molecule has 0 saturated heterocycles. The number of hydrogen-bond acceptors (Lipinski definition) is 4. The SMILES string of the molecule is COc1cc(C(=O)CCCC(C)C)cc(OC)c1OC. The molecule has 20 heavy (non-hydrogen) atoms. The van der Waals surface area contributed by atoms with Crippen LogP contribution in [-0.2, 0) is 0 Å². The molecular weight excluding hydrogens is 256 g/mol. The van der Waals surface area contributed by atoms with Crippen molar-refractivity contribution in [3.63, 3.8) is 0 Å². The third-order valence-electron chi connectivity index (χ3n) is 3.17. The van der Waals surface area contributed by atoms with Crippen LogP contribution in [0.5, 0.6) is 17.2 Å². The Bertz CT molecular complexity index is 427. The summed E-state index contributed by atoms with van der Waals surface area (Å²) in [7, 11) is 4.64. The van der Waals surface area contributed by atoms with E-state index in [1.54, 1.807) is 33.5 Å². The second-order valence-electron chi connectivity index (χ2n) is 5.12. The fourth-order valence-corrected chi connectivity index (χ4v) is 2.06. The third-order valence-corrected chi connectivity index (χ3v) is 3.17. The van der Waals surface area contributed by atoms with Crippen molar-refractivity contribution < 1.29 is 19.0 Å². The summed E-state index contributed by atoms with van der Waals surface area (Å²) in [6.45, 7) is 4.31. The van der Waals surface area contributed by atoms with Crippen LogP contribution in [-0.4, -0.2) is 27.1 Å². The first-order valence-corrected chi connectivity index (χ1v) is 6.86. The zero-order valence-electron chi connectivity index (χ0n) is 13.0. The standard InChI is InChI=1S/C16H24O4/c1-11(2)7-6-8-13(17)12-9-14(18-3)16(20-5)15(10-12)19-4/h9-11H,6-8H2,1-5H3. The van der Waals surface area contributed by atoms with Crippen LogP contribution in [0.3, 0.4) is 0 Å². The highest BCUT2D eigenvalue weighted by molar-refractivity contribution is 5.97. The Kier molecular flexibility index (Phi) is 6.36. The minimum absolute atomic E-state index is 0.102. The second-order valence-corrected chi connectivity index (χ2v) is 5.12. The summed E-state index contributed by atoms with van der Waals surface area (Å²) in [6, 6.07) is 3.41. The minimum atomic E-state index is 0.102. The molecular formula is C16H24O4. The molecule has 0 amide bonds. The van der Waals surface area contributed by atoms with E-state index in [1.807, 2.05) is 0 Å². The van der Waals surface area contributed by atoms with Crippen molar-refractivity contribution in [2.45, 2.75) is 33.1 Å². The molecule has 0 heterocycles. The summed E-state index contributed by atoms with van der Waals surface area (Å²) in [5, 5.41) is 0. The van der Waals surface area contributed by atoms with Gasteiger partial charge in [-0.15, -0.1) is 0 Å².